The van der Waals surface area contributed by atoms with E-state index < -0.39 is 0 Å². The number of nitrogens with zero attached hydrogens (tertiary/aromatic N) is 3. The first-order valence-corrected chi connectivity index (χ1v) is 7.42. The van der Waals surface area contributed by atoms with Crippen LogP contribution in [0.3, 0.4) is 0 Å². The minimum atomic E-state index is 0.352. The SMILES string of the molecule is Cc1cc2c(NC3CCN(C)CC3)nc(N)nc2s1. The minimum absolute atomic E-state index is 0.352. The van der Waals surface area contributed by atoms with Crippen molar-refractivity contribution < 1.29 is 0 Å². The average Bonchev–Trinajstić information content (AvgIpc) is 2.72. The van der Waals surface area contributed by atoms with E-state index >= 15 is 0 Å². The van der Waals surface area contributed by atoms with Crippen molar-refractivity contribution in [1.29, 1.82) is 0 Å². The first-order valence-electron chi connectivity index (χ1n) is 6.60. The Balaban J connectivity index is 1.87. The van der Waals surface area contributed by atoms with Crippen LogP contribution in [0.4, 0.5) is 11.8 Å². The van der Waals surface area contributed by atoms with E-state index in [0.29, 0.717) is 12.0 Å². The fraction of sp³-hybridized carbons (Fsp3) is 0.538. The predicted octanol–water partition coefficient (Wildman–Crippen LogP) is 2.09. The maximum absolute atomic E-state index is 5.80. The second kappa shape index (κ2) is 4.94. The molecule has 102 valence electrons. The van der Waals surface area contributed by atoms with Gasteiger partial charge in [-0.05, 0) is 46.0 Å². The van der Waals surface area contributed by atoms with Crippen LogP contribution in [0.1, 0.15) is 17.7 Å². The maximum Gasteiger partial charge on any atom is 0.223 e. The Bertz CT molecular complexity index is 586. The zero-order chi connectivity index (χ0) is 13.4. The summed E-state index contributed by atoms with van der Waals surface area (Å²) < 4.78 is 0. The number of hydrogen-bond acceptors (Lipinski definition) is 6. The first kappa shape index (κ1) is 12.6. The zero-order valence-electron chi connectivity index (χ0n) is 11.3. The van der Waals surface area contributed by atoms with E-state index in [1.807, 2.05) is 0 Å². The second-order valence-corrected chi connectivity index (χ2v) is 6.46. The lowest BCUT2D eigenvalue weighted by Crippen LogP contribution is -2.36. The van der Waals surface area contributed by atoms with Gasteiger partial charge in [-0.3, -0.25) is 0 Å². The molecule has 1 aliphatic rings. The topological polar surface area (TPSA) is 67.1 Å². The summed E-state index contributed by atoms with van der Waals surface area (Å²) in [7, 11) is 2.17. The molecule has 0 atom stereocenters. The van der Waals surface area contributed by atoms with Crippen molar-refractivity contribution in [2.45, 2.75) is 25.8 Å². The Kier molecular flexibility index (Phi) is 3.28. The third-order valence-corrected chi connectivity index (χ3v) is 4.54. The van der Waals surface area contributed by atoms with Gasteiger partial charge in [0.15, 0.2) is 0 Å². The number of thiophene rings is 1. The van der Waals surface area contributed by atoms with Crippen molar-refractivity contribution in [2.24, 2.45) is 0 Å². The third-order valence-electron chi connectivity index (χ3n) is 3.59. The number of likely N-dealkylation sites (tertiary alicyclic amines) is 1. The van der Waals surface area contributed by atoms with Gasteiger partial charge in [-0.1, -0.05) is 0 Å². The van der Waals surface area contributed by atoms with Gasteiger partial charge in [0.05, 0.1) is 5.39 Å². The van der Waals surface area contributed by atoms with Gasteiger partial charge in [-0.2, -0.15) is 4.98 Å². The minimum Gasteiger partial charge on any atom is -0.368 e. The fourth-order valence-corrected chi connectivity index (χ4v) is 3.40. The predicted molar refractivity (Wildman–Crippen MR) is 80.7 cm³/mol. The van der Waals surface area contributed by atoms with Gasteiger partial charge in [0, 0.05) is 10.9 Å². The molecule has 0 aromatic carbocycles. The smallest absolute Gasteiger partial charge is 0.223 e. The van der Waals surface area contributed by atoms with Crippen molar-refractivity contribution in [1.82, 2.24) is 14.9 Å². The van der Waals surface area contributed by atoms with Crippen LogP contribution in [-0.2, 0) is 0 Å². The monoisotopic (exact) mass is 277 g/mol. The van der Waals surface area contributed by atoms with Crippen molar-refractivity contribution in [3.05, 3.63) is 10.9 Å². The first-order chi connectivity index (χ1) is 9.11. The summed E-state index contributed by atoms with van der Waals surface area (Å²) >= 11 is 1.66. The molecule has 0 spiro atoms. The molecule has 1 aliphatic heterocycles. The highest BCUT2D eigenvalue weighted by Gasteiger charge is 2.18. The van der Waals surface area contributed by atoms with E-state index in [1.54, 1.807) is 11.3 Å². The molecule has 2 aromatic heterocycles. The van der Waals surface area contributed by atoms with Crippen LogP contribution in [0, 0.1) is 6.92 Å². The Morgan fingerprint density at radius 2 is 2.11 bits per heavy atom. The Hall–Kier alpha value is -1.40. The van der Waals surface area contributed by atoms with E-state index in [4.69, 9.17) is 5.73 Å². The van der Waals surface area contributed by atoms with E-state index in [-0.39, 0.29) is 0 Å². The summed E-state index contributed by atoms with van der Waals surface area (Å²) in [5, 5.41) is 4.64. The molecule has 3 N–H and O–H groups in total. The van der Waals surface area contributed by atoms with Crippen LogP contribution >= 0.6 is 11.3 Å². The van der Waals surface area contributed by atoms with Crippen LogP contribution in [0.5, 0.6) is 0 Å². The molecule has 0 unspecified atom stereocenters. The van der Waals surface area contributed by atoms with E-state index in [0.717, 1.165) is 42.0 Å². The summed E-state index contributed by atoms with van der Waals surface area (Å²) in [4.78, 5) is 13.2. The van der Waals surface area contributed by atoms with Crippen molar-refractivity contribution >= 4 is 33.3 Å². The standard InChI is InChI=1S/C13H19N5S/c1-8-7-10-11(16-13(14)17-12(10)19-8)15-9-3-5-18(2)6-4-9/h7,9H,3-6H2,1-2H3,(H3,14,15,16,17). The third kappa shape index (κ3) is 2.64. The molecule has 1 saturated heterocycles. The molecule has 1 fully saturated rings. The second-order valence-electron chi connectivity index (χ2n) is 5.23. The molecule has 2 aromatic rings. The van der Waals surface area contributed by atoms with Gasteiger partial charge in [0.1, 0.15) is 10.6 Å². The molecule has 3 rings (SSSR count). The van der Waals surface area contributed by atoms with Gasteiger partial charge < -0.3 is 16.0 Å². The van der Waals surface area contributed by atoms with E-state index in [1.165, 1.54) is 4.88 Å². The molecule has 0 amide bonds. The maximum atomic E-state index is 5.80. The molecule has 0 aliphatic carbocycles. The number of aromatic nitrogens is 2. The number of piperidine rings is 1. The molecular weight excluding hydrogens is 258 g/mol. The number of anilines is 2. The summed E-state index contributed by atoms with van der Waals surface area (Å²) in [6.45, 7) is 4.34. The molecular formula is C13H19N5S. The summed E-state index contributed by atoms with van der Waals surface area (Å²) in [6, 6.07) is 2.62. The van der Waals surface area contributed by atoms with Crippen molar-refractivity contribution in [3.63, 3.8) is 0 Å². The van der Waals surface area contributed by atoms with E-state index in [9.17, 15) is 0 Å². The number of nitrogens with one attached hydrogen (secondary N) is 1. The number of aryl methyl sites for hydroxylation is 1. The molecule has 3 heterocycles. The van der Waals surface area contributed by atoms with Crippen molar-refractivity contribution in [2.75, 3.05) is 31.2 Å². The molecule has 5 nitrogen and oxygen atoms in total. The van der Waals surface area contributed by atoms with E-state index in [2.05, 4.69) is 40.2 Å². The van der Waals surface area contributed by atoms with Crippen LogP contribution in [0.15, 0.2) is 6.07 Å². The van der Waals surface area contributed by atoms with Crippen LogP contribution in [-0.4, -0.2) is 41.0 Å². The normalized spacial score (nSPS) is 18.0. The lowest BCUT2D eigenvalue weighted by atomic mass is 10.1. The number of fused-ring (bicyclic) bond motifs is 1. The summed E-state index contributed by atoms with van der Waals surface area (Å²) in [6.07, 6.45) is 2.29. The largest absolute Gasteiger partial charge is 0.368 e. The molecule has 0 saturated carbocycles. The highest BCUT2D eigenvalue weighted by atomic mass is 32.1. The quantitative estimate of drug-likeness (QED) is 0.880. The van der Waals surface area contributed by atoms with Gasteiger partial charge >= 0.3 is 0 Å². The number of rotatable bonds is 2. The fourth-order valence-electron chi connectivity index (χ4n) is 2.51. The van der Waals surface area contributed by atoms with Gasteiger partial charge in [0.2, 0.25) is 5.95 Å². The van der Waals surface area contributed by atoms with Crippen LogP contribution < -0.4 is 11.1 Å². The summed E-state index contributed by atoms with van der Waals surface area (Å²) in [5.74, 6) is 1.24. The molecule has 0 radical (unpaired) electrons. The molecule has 6 heteroatoms. The lowest BCUT2D eigenvalue weighted by molar-refractivity contribution is 0.264. The highest BCUT2D eigenvalue weighted by Crippen LogP contribution is 2.30. The number of nitrogens with two attached hydrogens (primary N) is 1. The van der Waals surface area contributed by atoms with Gasteiger partial charge in [-0.25, -0.2) is 4.98 Å². The molecule has 0 bridgehead atoms. The van der Waals surface area contributed by atoms with Crippen LogP contribution in [0.25, 0.3) is 10.2 Å². The summed E-state index contributed by atoms with van der Waals surface area (Å²) in [5.41, 5.74) is 5.80. The average molecular weight is 277 g/mol. The Morgan fingerprint density at radius 1 is 1.37 bits per heavy atom. The Labute approximate surface area is 116 Å². The zero-order valence-corrected chi connectivity index (χ0v) is 12.1. The number of nitrogen functional groups attached to an aromatic ring is 1. The number of hydrogen-bond donors (Lipinski definition) is 2. The lowest BCUT2D eigenvalue weighted by Gasteiger charge is -2.29. The molecule has 19 heavy (non-hydrogen) atoms. The van der Waals surface area contributed by atoms with Crippen LogP contribution in [0.2, 0.25) is 0 Å². The highest BCUT2D eigenvalue weighted by molar-refractivity contribution is 7.18. The van der Waals surface area contributed by atoms with Crippen molar-refractivity contribution in [3.8, 4) is 0 Å². The Morgan fingerprint density at radius 3 is 2.84 bits per heavy atom. The van der Waals surface area contributed by atoms with Gasteiger partial charge in [0.25, 0.3) is 0 Å². The van der Waals surface area contributed by atoms with Gasteiger partial charge in [-0.15, -0.1) is 11.3 Å².